The van der Waals surface area contributed by atoms with E-state index in [9.17, 15) is 18.8 Å². The normalized spacial score (nSPS) is 18.2. The van der Waals surface area contributed by atoms with Crippen LogP contribution in [-0.2, 0) is 25.5 Å². The summed E-state index contributed by atoms with van der Waals surface area (Å²) in [5.41, 5.74) is 0.480. The number of Topliss-reactive ketones (excluding diaryl/α,β-unsaturated/α-hetero) is 1. The van der Waals surface area contributed by atoms with Gasteiger partial charge in [-0.3, -0.25) is 14.4 Å². The van der Waals surface area contributed by atoms with Crippen molar-refractivity contribution in [3.05, 3.63) is 35.6 Å². The van der Waals surface area contributed by atoms with E-state index in [0.29, 0.717) is 18.5 Å². The highest BCUT2D eigenvalue weighted by molar-refractivity contribution is 6.00. The van der Waals surface area contributed by atoms with Gasteiger partial charge in [-0.05, 0) is 18.1 Å². The van der Waals surface area contributed by atoms with Gasteiger partial charge in [-0.15, -0.1) is 0 Å². The zero-order valence-corrected chi connectivity index (χ0v) is 12.4. The van der Waals surface area contributed by atoms with Crippen molar-refractivity contribution < 1.29 is 23.5 Å². The zero-order chi connectivity index (χ0) is 16.1. The van der Waals surface area contributed by atoms with E-state index < -0.39 is 11.9 Å². The van der Waals surface area contributed by atoms with E-state index in [1.54, 1.807) is 18.2 Å². The highest BCUT2D eigenvalue weighted by atomic mass is 19.1. The van der Waals surface area contributed by atoms with Crippen LogP contribution in [0.15, 0.2) is 24.3 Å². The number of nitrogens with zero attached hydrogens (tertiary/aromatic N) is 1. The number of likely N-dealkylation sites (tertiary alicyclic amines) is 1. The second kappa shape index (κ2) is 7.15. The fourth-order valence-electron chi connectivity index (χ4n) is 2.51. The molecule has 1 saturated heterocycles. The number of aryl methyl sites for hydroxylation is 1. The minimum Gasteiger partial charge on any atom is -0.468 e. The number of hydrogen-bond donors (Lipinski definition) is 0. The first kappa shape index (κ1) is 16.1. The third-order valence-corrected chi connectivity index (χ3v) is 3.82. The first-order chi connectivity index (χ1) is 10.5. The molecule has 1 fully saturated rings. The molecule has 118 valence electrons. The van der Waals surface area contributed by atoms with Crippen LogP contribution in [0.2, 0.25) is 0 Å². The lowest BCUT2D eigenvalue weighted by Gasteiger charge is -2.30. The van der Waals surface area contributed by atoms with Crippen LogP contribution in [0.1, 0.15) is 18.4 Å². The molecule has 5 nitrogen and oxygen atoms in total. The molecule has 0 N–H and O–H groups in total. The van der Waals surface area contributed by atoms with Gasteiger partial charge in [-0.1, -0.05) is 18.2 Å². The van der Waals surface area contributed by atoms with Crippen molar-refractivity contribution in [3.8, 4) is 0 Å². The van der Waals surface area contributed by atoms with E-state index in [1.165, 1.54) is 18.1 Å². The number of esters is 1. The Bertz CT molecular complexity index is 579. The van der Waals surface area contributed by atoms with Gasteiger partial charge in [0.25, 0.3) is 0 Å². The van der Waals surface area contributed by atoms with Crippen LogP contribution < -0.4 is 0 Å². The average Bonchev–Trinajstić information content (AvgIpc) is 2.53. The van der Waals surface area contributed by atoms with Crippen LogP contribution in [-0.4, -0.2) is 42.8 Å². The first-order valence-electron chi connectivity index (χ1n) is 7.14. The summed E-state index contributed by atoms with van der Waals surface area (Å²) in [4.78, 5) is 36.9. The quantitative estimate of drug-likeness (QED) is 0.622. The Labute approximate surface area is 128 Å². The third-order valence-electron chi connectivity index (χ3n) is 3.82. The number of carbonyl (C=O) groups excluding carboxylic acids is 3. The highest BCUT2D eigenvalue weighted by Crippen LogP contribution is 2.17. The summed E-state index contributed by atoms with van der Waals surface area (Å²) in [6, 6.07) is 6.31. The van der Waals surface area contributed by atoms with Crippen LogP contribution in [0, 0.1) is 11.7 Å². The van der Waals surface area contributed by atoms with Crippen LogP contribution in [0.5, 0.6) is 0 Å². The van der Waals surface area contributed by atoms with Gasteiger partial charge in [-0.25, -0.2) is 4.39 Å². The van der Waals surface area contributed by atoms with Gasteiger partial charge in [0.1, 0.15) is 11.7 Å². The van der Waals surface area contributed by atoms with E-state index in [0.717, 1.165) is 0 Å². The predicted octanol–water partition coefficient (Wildman–Crippen LogP) is 1.35. The number of benzene rings is 1. The van der Waals surface area contributed by atoms with Gasteiger partial charge in [0, 0.05) is 25.9 Å². The van der Waals surface area contributed by atoms with Crippen molar-refractivity contribution in [1.82, 2.24) is 4.90 Å². The molecule has 0 aromatic heterocycles. The van der Waals surface area contributed by atoms with E-state index in [2.05, 4.69) is 4.74 Å². The molecule has 1 aromatic rings. The summed E-state index contributed by atoms with van der Waals surface area (Å²) in [7, 11) is 1.22. The zero-order valence-electron chi connectivity index (χ0n) is 12.4. The molecule has 0 saturated carbocycles. The van der Waals surface area contributed by atoms with Gasteiger partial charge in [0.15, 0.2) is 5.78 Å². The van der Waals surface area contributed by atoms with Crippen molar-refractivity contribution in [2.75, 3.05) is 20.2 Å². The SMILES string of the molecule is COC(=O)C1CN(C(=O)CCc2ccccc2F)CCC1=O. The molecular weight excluding hydrogens is 289 g/mol. The molecule has 1 aromatic carbocycles. The molecule has 2 rings (SSSR count). The molecule has 6 heteroatoms. The molecule has 0 aliphatic carbocycles. The number of carbonyl (C=O) groups is 3. The summed E-state index contributed by atoms with van der Waals surface area (Å²) >= 11 is 0. The van der Waals surface area contributed by atoms with Gasteiger partial charge in [-0.2, -0.15) is 0 Å². The van der Waals surface area contributed by atoms with Crippen molar-refractivity contribution in [1.29, 1.82) is 0 Å². The molecule has 1 heterocycles. The van der Waals surface area contributed by atoms with Crippen molar-refractivity contribution in [2.24, 2.45) is 5.92 Å². The summed E-state index contributed by atoms with van der Waals surface area (Å²) in [5, 5.41) is 0. The predicted molar refractivity (Wildman–Crippen MR) is 76.4 cm³/mol. The number of ketones is 1. The third kappa shape index (κ3) is 3.69. The van der Waals surface area contributed by atoms with Crippen LogP contribution in [0.3, 0.4) is 0 Å². The molecule has 0 bridgehead atoms. The number of methoxy groups -OCH3 is 1. The topological polar surface area (TPSA) is 63.7 Å². The Balaban J connectivity index is 1.94. The number of ether oxygens (including phenoxy) is 1. The van der Waals surface area contributed by atoms with Crippen molar-refractivity contribution in [2.45, 2.75) is 19.3 Å². The summed E-state index contributed by atoms with van der Waals surface area (Å²) in [5.74, 6) is -2.25. The smallest absolute Gasteiger partial charge is 0.318 e. The van der Waals surface area contributed by atoms with Gasteiger partial charge in [0.05, 0.1) is 7.11 Å². The fraction of sp³-hybridized carbons (Fsp3) is 0.438. The molecule has 1 atom stereocenters. The monoisotopic (exact) mass is 307 g/mol. The fourth-order valence-corrected chi connectivity index (χ4v) is 2.51. The number of rotatable bonds is 4. The molecular formula is C16H18FNO4. The number of hydrogen-bond acceptors (Lipinski definition) is 4. The van der Waals surface area contributed by atoms with E-state index >= 15 is 0 Å². The maximum absolute atomic E-state index is 13.5. The number of amides is 1. The minimum absolute atomic E-state index is 0.0433. The lowest BCUT2D eigenvalue weighted by molar-refractivity contribution is -0.153. The van der Waals surface area contributed by atoms with Crippen LogP contribution in [0.4, 0.5) is 4.39 Å². The second-order valence-corrected chi connectivity index (χ2v) is 5.22. The number of piperidine rings is 1. The summed E-state index contributed by atoms with van der Waals surface area (Å²) in [6.45, 7) is 0.337. The largest absolute Gasteiger partial charge is 0.468 e. The molecule has 0 spiro atoms. The van der Waals surface area contributed by atoms with Gasteiger partial charge < -0.3 is 9.64 Å². The van der Waals surface area contributed by atoms with Crippen molar-refractivity contribution in [3.63, 3.8) is 0 Å². The standard InChI is InChI=1S/C16H18FNO4/c1-22-16(21)12-10-18(9-8-14(12)19)15(20)7-6-11-4-2-3-5-13(11)17/h2-5,12H,6-10H2,1H3. The Kier molecular flexibility index (Phi) is 5.25. The lowest BCUT2D eigenvalue weighted by Crippen LogP contribution is -2.47. The molecule has 0 radical (unpaired) electrons. The van der Waals surface area contributed by atoms with E-state index in [-0.39, 0.29) is 36.9 Å². The summed E-state index contributed by atoms with van der Waals surface area (Å²) < 4.78 is 18.1. The number of halogens is 1. The minimum atomic E-state index is -0.906. The van der Waals surface area contributed by atoms with Crippen molar-refractivity contribution >= 4 is 17.7 Å². The Hall–Kier alpha value is -2.24. The maximum Gasteiger partial charge on any atom is 0.318 e. The molecule has 1 aliphatic rings. The average molecular weight is 307 g/mol. The molecule has 1 aliphatic heterocycles. The van der Waals surface area contributed by atoms with Crippen LogP contribution in [0.25, 0.3) is 0 Å². The van der Waals surface area contributed by atoms with Gasteiger partial charge in [0.2, 0.25) is 5.91 Å². The molecule has 1 amide bonds. The summed E-state index contributed by atoms with van der Waals surface area (Å²) in [6.07, 6.45) is 0.576. The van der Waals surface area contributed by atoms with E-state index in [4.69, 9.17) is 0 Å². The first-order valence-corrected chi connectivity index (χ1v) is 7.14. The Morgan fingerprint density at radius 3 is 2.77 bits per heavy atom. The Morgan fingerprint density at radius 1 is 1.36 bits per heavy atom. The van der Waals surface area contributed by atoms with E-state index in [1.807, 2.05) is 0 Å². The van der Waals surface area contributed by atoms with Gasteiger partial charge >= 0.3 is 5.97 Å². The lowest BCUT2D eigenvalue weighted by atomic mass is 9.96. The Morgan fingerprint density at radius 2 is 2.09 bits per heavy atom. The highest BCUT2D eigenvalue weighted by Gasteiger charge is 2.35. The molecule has 22 heavy (non-hydrogen) atoms. The van der Waals surface area contributed by atoms with Crippen LogP contribution >= 0.6 is 0 Å². The maximum atomic E-state index is 13.5. The molecule has 1 unspecified atom stereocenters. The second-order valence-electron chi connectivity index (χ2n) is 5.22.